The average Bonchev–Trinajstić information content (AvgIpc) is 3.20. The second-order valence-electron chi connectivity index (χ2n) is 5.99. The Morgan fingerprint density at radius 1 is 1.22 bits per heavy atom. The van der Waals surface area contributed by atoms with Gasteiger partial charge < -0.3 is 9.73 Å². The van der Waals surface area contributed by atoms with Crippen LogP contribution in [0, 0.1) is 0 Å². The van der Waals surface area contributed by atoms with E-state index < -0.39 is 0 Å². The van der Waals surface area contributed by atoms with E-state index in [-0.39, 0.29) is 11.9 Å². The Morgan fingerprint density at radius 2 is 2.00 bits per heavy atom. The van der Waals surface area contributed by atoms with Gasteiger partial charge in [0.25, 0.3) is 5.91 Å². The largest absolute Gasteiger partial charge is 0.455 e. The third-order valence-corrected chi connectivity index (χ3v) is 4.60. The topological polar surface area (TPSA) is 45.5 Å². The molecule has 0 fully saturated rings. The molecule has 122 valence electrons. The molecule has 0 aliphatic heterocycles. The highest BCUT2D eigenvalue weighted by Gasteiger charge is 2.24. The number of amides is 1. The summed E-state index contributed by atoms with van der Waals surface area (Å²) in [6.07, 6.45) is 1.98. The highest BCUT2D eigenvalue weighted by molar-refractivity contribution is 5.91. The number of furan rings is 1. The molecule has 1 amide bonds. The van der Waals surface area contributed by atoms with Crippen molar-refractivity contribution < 1.29 is 9.21 Å². The highest BCUT2D eigenvalue weighted by Crippen LogP contribution is 2.30. The van der Waals surface area contributed by atoms with Gasteiger partial charge in [-0.2, -0.15) is 0 Å². The van der Waals surface area contributed by atoms with Gasteiger partial charge in [-0.05, 0) is 49.2 Å². The van der Waals surface area contributed by atoms with Gasteiger partial charge in [0.05, 0.1) is 12.6 Å². The number of carbonyl (C=O) groups excluding carboxylic acids is 1. The van der Waals surface area contributed by atoms with E-state index in [0.29, 0.717) is 5.76 Å². The van der Waals surface area contributed by atoms with Gasteiger partial charge in [-0.3, -0.25) is 9.69 Å². The lowest BCUT2D eigenvalue weighted by atomic mass is 10.1. The summed E-state index contributed by atoms with van der Waals surface area (Å²) in [5.41, 5.74) is 2.57. The Morgan fingerprint density at radius 3 is 2.78 bits per heavy atom. The standard InChI is InChI=1S/C19H24N2O2/c1-3-21(4-2)13-15-10-12-18(23-15)19(22)20-17-11-9-14-7-5-6-8-16(14)17/h5-8,10,12,17H,3-4,9,11,13H2,1-2H3,(H,20,22)/t17-/m1/s1. The molecule has 0 spiro atoms. The minimum Gasteiger partial charge on any atom is -0.455 e. The maximum absolute atomic E-state index is 12.4. The van der Waals surface area contributed by atoms with Crippen LogP contribution < -0.4 is 5.32 Å². The van der Waals surface area contributed by atoms with Crippen LogP contribution in [-0.4, -0.2) is 23.9 Å². The molecule has 2 aromatic rings. The Hall–Kier alpha value is -2.07. The van der Waals surface area contributed by atoms with Crippen LogP contribution in [0.1, 0.15) is 53.8 Å². The quantitative estimate of drug-likeness (QED) is 0.887. The fraction of sp³-hybridized carbons (Fsp3) is 0.421. The molecule has 3 rings (SSSR count). The molecule has 1 aliphatic carbocycles. The predicted molar refractivity (Wildman–Crippen MR) is 90.3 cm³/mol. The smallest absolute Gasteiger partial charge is 0.287 e. The van der Waals surface area contributed by atoms with E-state index in [0.717, 1.165) is 38.2 Å². The summed E-state index contributed by atoms with van der Waals surface area (Å²) in [6, 6.07) is 12.1. The minimum absolute atomic E-state index is 0.0926. The summed E-state index contributed by atoms with van der Waals surface area (Å²) in [5.74, 6) is 1.11. The Bertz CT molecular complexity index is 674. The van der Waals surface area contributed by atoms with E-state index >= 15 is 0 Å². The molecule has 4 heteroatoms. The van der Waals surface area contributed by atoms with Crippen molar-refractivity contribution in [2.24, 2.45) is 0 Å². The van der Waals surface area contributed by atoms with Crippen molar-refractivity contribution in [2.45, 2.75) is 39.3 Å². The number of carbonyl (C=O) groups is 1. The van der Waals surface area contributed by atoms with E-state index in [1.165, 1.54) is 11.1 Å². The number of rotatable bonds is 6. The molecule has 0 saturated heterocycles. The number of hydrogen-bond acceptors (Lipinski definition) is 3. The Kier molecular flexibility index (Phi) is 4.82. The lowest BCUT2D eigenvalue weighted by Gasteiger charge is -2.16. The first-order valence-electron chi connectivity index (χ1n) is 8.41. The van der Waals surface area contributed by atoms with Gasteiger partial charge in [0, 0.05) is 0 Å². The van der Waals surface area contributed by atoms with Crippen LogP contribution in [-0.2, 0) is 13.0 Å². The van der Waals surface area contributed by atoms with E-state index in [1.807, 2.05) is 12.1 Å². The number of nitrogens with zero attached hydrogens (tertiary/aromatic N) is 1. The van der Waals surface area contributed by atoms with Crippen molar-refractivity contribution in [2.75, 3.05) is 13.1 Å². The number of fused-ring (bicyclic) bond motifs is 1. The fourth-order valence-corrected chi connectivity index (χ4v) is 3.19. The Balaban J connectivity index is 1.64. The molecule has 0 bridgehead atoms. The van der Waals surface area contributed by atoms with Gasteiger partial charge in [0.1, 0.15) is 5.76 Å². The maximum atomic E-state index is 12.4. The lowest BCUT2D eigenvalue weighted by Crippen LogP contribution is -2.26. The zero-order valence-corrected chi connectivity index (χ0v) is 13.8. The second kappa shape index (κ2) is 7.01. The number of aryl methyl sites for hydroxylation is 1. The molecular formula is C19H24N2O2. The van der Waals surface area contributed by atoms with Gasteiger partial charge in [0.2, 0.25) is 0 Å². The van der Waals surface area contributed by atoms with Crippen molar-refractivity contribution in [1.82, 2.24) is 10.2 Å². The van der Waals surface area contributed by atoms with Gasteiger partial charge in [-0.1, -0.05) is 38.1 Å². The first-order chi connectivity index (χ1) is 11.2. The number of nitrogens with one attached hydrogen (secondary N) is 1. The van der Waals surface area contributed by atoms with Crippen LogP contribution in [0.4, 0.5) is 0 Å². The third-order valence-electron chi connectivity index (χ3n) is 4.60. The van der Waals surface area contributed by atoms with Crippen molar-refractivity contribution >= 4 is 5.91 Å². The zero-order chi connectivity index (χ0) is 16.2. The third kappa shape index (κ3) is 3.48. The highest BCUT2D eigenvalue weighted by atomic mass is 16.4. The van der Waals surface area contributed by atoms with Crippen molar-refractivity contribution in [3.05, 3.63) is 59.0 Å². The molecule has 0 saturated carbocycles. The molecule has 23 heavy (non-hydrogen) atoms. The molecule has 0 radical (unpaired) electrons. The zero-order valence-electron chi connectivity index (χ0n) is 13.8. The van der Waals surface area contributed by atoms with Crippen LogP contribution in [0.3, 0.4) is 0 Å². The maximum Gasteiger partial charge on any atom is 0.287 e. The SMILES string of the molecule is CCN(CC)Cc1ccc(C(=O)N[C@@H]2CCc3ccccc32)o1. The van der Waals surface area contributed by atoms with Crippen molar-refractivity contribution in [3.63, 3.8) is 0 Å². The predicted octanol–water partition coefficient (Wildman–Crippen LogP) is 3.54. The van der Waals surface area contributed by atoms with Gasteiger partial charge in [-0.25, -0.2) is 0 Å². The first kappa shape index (κ1) is 15.8. The molecule has 1 atom stereocenters. The molecule has 1 aromatic carbocycles. The molecule has 0 unspecified atom stereocenters. The average molecular weight is 312 g/mol. The lowest BCUT2D eigenvalue weighted by molar-refractivity contribution is 0.0905. The van der Waals surface area contributed by atoms with E-state index in [1.54, 1.807) is 6.07 Å². The van der Waals surface area contributed by atoms with E-state index in [4.69, 9.17) is 4.42 Å². The van der Waals surface area contributed by atoms with Crippen molar-refractivity contribution in [3.8, 4) is 0 Å². The van der Waals surface area contributed by atoms with Crippen LogP contribution >= 0.6 is 0 Å². The molecule has 1 aromatic heterocycles. The van der Waals surface area contributed by atoms with Gasteiger partial charge >= 0.3 is 0 Å². The minimum atomic E-state index is -0.127. The Labute approximate surface area is 137 Å². The molecule has 4 nitrogen and oxygen atoms in total. The van der Waals surface area contributed by atoms with Crippen LogP contribution in [0.25, 0.3) is 0 Å². The fourth-order valence-electron chi connectivity index (χ4n) is 3.19. The van der Waals surface area contributed by atoms with Crippen LogP contribution in [0.2, 0.25) is 0 Å². The van der Waals surface area contributed by atoms with Gasteiger partial charge in [0.15, 0.2) is 5.76 Å². The molecule has 1 heterocycles. The summed E-state index contributed by atoms with van der Waals surface area (Å²) < 4.78 is 5.72. The molecular weight excluding hydrogens is 288 g/mol. The van der Waals surface area contributed by atoms with Crippen molar-refractivity contribution in [1.29, 1.82) is 0 Å². The second-order valence-corrected chi connectivity index (χ2v) is 5.99. The molecule has 1 aliphatic rings. The summed E-state index contributed by atoms with van der Waals surface area (Å²) >= 11 is 0. The number of hydrogen-bond donors (Lipinski definition) is 1. The van der Waals surface area contributed by atoms with Crippen LogP contribution in [0.15, 0.2) is 40.8 Å². The number of benzene rings is 1. The van der Waals surface area contributed by atoms with E-state index in [2.05, 4.69) is 42.3 Å². The summed E-state index contributed by atoms with van der Waals surface area (Å²) in [7, 11) is 0. The first-order valence-corrected chi connectivity index (χ1v) is 8.41. The van der Waals surface area contributed by atoms with Crippen LogP contribution in [0.5, 0.6) is 0 Å². The monoisotopic (exact) mass is 312 g/mol. The molecule has 1 N–H and O–H groups in total. The summed E-state index contributed by atoms with van der Waals surface area (Å²) in [6.45, 7) is 6.93. The normalized spacial score (nSPS) is 16.6. The summed E-state index contributed by atoms with van der Waals surface area (Å²) in [5, 5.41) is 3.10. The summed E-state index contributed by atoms with van der Waals surface area (Å²) in [4.78, 5) is 14.7. The van der Waals surface area contributed by atoms with E-state index in [9.17, 15) is 4.79 Å². The van der Waals surface area contributed by atoms with Gasteiger partial charge in [-0.15, -0.1) is 0 Å².